The van der Waals surface area contributed by atoms with Crippen molar-refractivity contribution in [2.24, 2.45) is 0 Å². The van der Waals surface area contributed by atoms with E-state index in [-0.39, 0.29) is 6.10 Å². The Morgan fingerprint density at radius 2 is 1.94 bits per heavy atom. The first-order valence-corrected chi connectivity index (χ1v) is 6.11. The number of rotatable bonds is 4. The van der Waals surface area contributed by atoms with Gasteiger partial charge in [-0.05, 0) is 32.8 Å². The van der Waals surface area contributed by atoms with Gasteiger partial charge in [-0.2, -0.15) is 0 Å². The van der Waals surface area contributed by atoms with Crippen LogP contribution in [0.15, 0.2) is 12.1 Å². The summed E-state index contributed by atoms with van der Waals surface area (Å²) in [5.74, 6) is 1.22. The van der Waals surface area contributed by atoms with Crippen LogP contribution >= 0.6 is 11.6 Å². The highest BCUT2D eigenvalue weighted by Crippen LogP contribution is 2.50. The molecule has 1 fully saturated rings. The van der Waals surface area contributed by atoms with Crippen LogP contribution in [0.4, 0.5) is 0 Å². The number of aliphatic hydroxyl groups is 1. The second-order valence-electron chi connectivity index (χ2n) is 4.68. The Hall–Kier alpha value is -0.930. The molecule has 2 rings (SSSR count). The van der Waals surface area contributed by atoms with Crippen LogP contribution in [0.25, 0.3) is 0 Å². The third-order valence-electron chi connectivity index (χ3n) is 2.84. The number of hydrogen-bond donors (Lipinski definition) is 1. The summed E-state index contributed by atoms with van der Waals surface area (Å²) in [6, 6.07) is 3.49. The molecule has 17 heavy (non-hydrogen) atoms. The van der Waals surface area contributed by atoms with Crippen molar-refractivity contribution in [1.29, 1.82) is 0 Å². The quantitative estimate of drug-likeness (QED) is 0.900. The topological polar surface area (TPSA) is 38.7 Å². The van der Waals surface area contributed by atoms with Gasteiger partial charge in [-0.1, -0.05) is 11.6 Å². The maximum atomic E-state index is 10.1. The summed E-state index contributed by atoms with van der Waals surface area (Å²) in [6.07, 6.45) is 1.55. The number of ether oxygens (including phenoxy) is 2. The normalized spacial score (nSPS) is 17.1. The van der Waals surface area contributed by atoms with Crippen LogP contribution in [0.1, 0.15) is 32.3 Å². The van der Waals surface area contributed by atoms with E-state index in [1.807, 2.05) is 13.8 Å². The molecular formula is C13H17ClO3. The van der Waals surface area contributed by atoms with Gasteiger partial charge in [0, 0.05) is 11.6 Å². The fourth-order valence-electron chi connectivity index (χ4n) is 1.79. The first-order valence-electron chi connectivity index (χ1n) is 5.73. The van der Waals surface area contributed by atoms with E-state index in [9.17, 15) is 5.11 Å². The molecule has 0 aromatic heterocycles. The Bertz CT molecular complexity index is 425. The lowest BCUT2D eigenvalue weighted by atomic mass is 10.1. The van der Waals surface area contributed by atoms with Crippen molar-refractivity contribution in [2.45, 2.75) is 38.4 Å². The molecule has 0 spiro atoms. The summed E-state index contributed by atoms with van der Waals surface area (Å²) in [4.78, 5) is 0. The summed E-state index contributed by atoms with van der Waals surface area (Å²) < 4.78 is 10.9. The zero-order chi connectivity index (χ0) is 12.6. The highest BCUT2D eigenvalue weighted by atomic mass is 35.5. The highest BCUT2D eigenvalue weighted by molar-refractivity contribution is 6.31. The van der Waals surface area contributed by atoms with Gasteiger partial charge in [-0.25, -0.2) is 0 Å². The van der Waals surface area contributed by atoms with Crippen LogP contribution in [0.2, 0.25) is 5.02 Å². The predicted octanol–water partition coefficient (Wildman–Crippen LogP) is 3.12. The van der Waals surface area contributed by atoms with Gasteiger partial charge in [0.15, 0.2) is 11.5 Å². The fourth-order valence-corrected chi connectivity index (χ4v) is 2.11. The molecule has 3 nitrogen and oxygen atoms in total. The average molecular weight is 257 g/mol. The molecule has 0 bridgehead atoms. The molecule has 0 unspecified atom stereocenters. The van der Waals surface area contributed by atoms with Gasteiger partial charge in [-0.3, -0.25) is 0 Å². The molecule has 1 aliphatic carbocycles. The number of hydrogen-bond acceptors (Lipinski definition) is 3. The molecule has 1 aromatic carbocycles. The lowest BCUT2D eigenvalue weighted by Crippen LogP contribution is -2.10. The lowest BCUT2D eigenvalue weighted by Gasteiger charge is -2.18. The van der Waals surface area contributed by atoms with E-state index in [0.717, 1.165) is 18.4 Å². The van der Waals surface area contributed by atoms with Crippen molar-refractivity contribution in [2.75, 3.05) is 7.11 Å². The second-order valence-corrected chi connectivity index (χ2v) is 5.09. The van der Waals surface area contributed by atoms with Gasteiger partial charge in [0.25, 0.3) is 0 Å². The van der Waals surface area contributed by atoms with Gasteiger partial charge in [0.05, 0.1) is 23.8 Å². The Labute approximate surface area is 106 Å². The summed E-state index contributed by atoms with van der Waals surface area (Å²) >= 11 is 6.15. The first-order chi connectivity index (χ1) is 7.96. The average Bonchev–Trinajstić information content (AvgIpc) is 2.99. The second kappa shape index (κ2) is 4.39. The minimum absolute atomic E-state index is 0.0479. The Kier molecular flexibility index (Phi) is 3.23. The maximum absolute atomic E-state index is 10.1. The molecular weight excluding hydrogens is 240 g/mol. The van der Waals surface area contributed by atoms with Crippen LogP contribution in [0, 0.1) is 0 Å². The first kappa shape index (κ1) is 12.5. The fraction of sp³-hybridized carbons (Fsp3) is 0.538. The van der Waals surface area contributed by atoms with Crippen LogP contribution < -0.4 is 9.47 Å². The summed E-state index contributed by atoms with van der Waals surface area (Å²) in [6.45, 7) is 3.89. The minimum atomic E-state index is -0.765. The Morgan fingerprint density at radius 1 is 1.29 bits per heavy atom. The number of benzene rings is 1. The molecule has 4 heteroatoms. The van der Waals surface area contributed by atoms with E-state index in [4.69, 9.17) is 21.1 Å². The van der Waals surface area contributed by atoms with Gasteiger partial charge in [-0.15, -0.1) is 0 Å². The monoisotopic (exact) mass is 256 g/mol. The van der Waals surface area contributed by atoms with Gasteiger partial charge in [0.2, 0.25) is 0 Å². The van der Waals surface area contributed by atoms with Crippen molar-refractivity contribution in [3.8, 4) is 11.5 Å². The van der Waals surface area contributed by atoms with E-state index in [1.165, 1.54) is 0 Å². The zero-order valence-electron chi connectivity index (χ0n) is 10.3. The van der Waals surface area contributed by atoms with E-state index in [1.54, 1.807) is 19.2 Å². The molecule has 0 radical (unpaired) electrons. The molecule has 0 saturated heterocycles. The number of methoxy groups -OCH3 is 1. The molecule has 1 saturated carbocycles. The zero-order valence-corrected chi connectivity index (χ0v) is 11.0. The molecule has 0 amide bonds. The van der Waals surface area contributed by atoms with Crippen LogP contribution in [0.3, 0.4) is 0 Å². The van der Waals surface area contributed by atoms with Crippen molar-refractivity contribution in [1.82, 2.24) is 0 Å². The van der Waals surface area contributed by atoms with Crippen LogP contribution in [-0.4, -0.2) is 18.3 Å². The molecule has 1 N–H and O–H groups in total. The van der Waals surface area contributed by atoms with E-state index < -0.39 is 5.60 Å². The van der Waals surface area contributed by atoms with Crippen molar-refractivity contribution in [3.63, 3.8) is 0 Å². The third kappa shape index (κ3) is 2.50. The van der Waals surface area contributed by atoms with Crippen LogP contribution in [-0.2, 0) is 5.60 Å². The predicted molar refractivity (Wildman–Crippen MR) is 66.9 cm³/mol. The Morgan fingerprint density at radius 3 is 2.41 bits per heavy atom. The molecule has 1 aliphatic rings. The number of halogens is 1. The minimum Gasteiger partial charge on any atom is -0.493 e. The van der Waals surface area contributed by atoms with Crippen molar-refractivity contribution < 1.29 is 14.6 Å². The summed E-state index contributed by atoms with van der Waals surface area (Å²) in [5, 5.41) is 10.6. The summed E-state index contributed by atoms with van der Waals surface area (Å²) in [5.41, 5.74) is -0.0334. The van der Waals surface area contributed by atoms with Crippen molar-refractivity contribution in [3.05, 3.63) is 22.7 Å². The third-order valence-corrected chi connectivity index (χ3v) is 3.15. The lowest BCUT2D eigenvalue weighted by molar-refractivity contribution is 0.150. The summed E-state index contributed by atoms with van der Waals surface area (Å²) in [7, 11) is 1.57. The molecule has 1 aromatic rings. The maximum Gasteiger partial charge on any atom is 0.162 e. The molecule has 0 aliphatic heterocycles. The molecule has 0 atom stereocenters. The SMILES string of the molecule is COc1cc(Cl)c(C2(O)CC2)cc1OC(C)C. The van der Waals surface area contributed by atoms with Crippen molar-refractivity contribution >= 4 is 11.6 Å². The standard InChI is InChI=1S/C13H17ClO3/c1-8(2)17-12-6-9(13(15)4-5-13)10(14)7-11(12)16-3/h6-8,15H,4-5H2,1-3H3. The van der Waals surface area contributed by atoms with Gasteiger partial charge >= 0.3 is 0 Å². The molecule has 94 valence electrons. The molecule has 0 heterocycles. The largest absolute Gasteiger partial charge is 0.493 e. The smallest absolute Gasteiger partial charge is 0.162 e. The van der Waals surface area contributed by atoms with E-state index in [2.05, 4.69) is 0 Å². The van der Waals surface area contributed by atoms with Gasteiger partial charge in [0.1, 0.15) is 0 Å². The Balaban J connectivity index is 2.41. The van der Waals surface area contributed by atoms with E-state index in [0.29, 0.717) is 16.5 Å². The van der Waals surface area contributed by atoms with Gasteiger partial charge < -0.3 is 14.6 Å². The highest BCUT2D eigenvalue weighted by Gasteiger charge is 2.44. The van der Waals surface area contributed by atoms with E-state index >= 15 is 0 Å². The van der Waals surface area contributed by atoms with Crippen LogP contribution in [0.5, 0.6) is 11.5 Å².